The van der Waals surface area contributed by atoms with E-state index in [-0.39, 0.29) is 11.3 Å². The van der Waals surface area contributed by atoms with Gasteiger partial charge in [-0.3, -0.25) is 14.6 Å². The van der Waals surface area contributed by atoms with Crippen LogP contribution in [0.25, 0.3) is 0 Å². The van der Waals surface area contributed by atoms with Gasteiger partial charge in [0, 0.05) is 6.20 Å². The van der Waals surface area contributed by atoms with Gasteiger partial charge >= 0.3 is 11.9 Å². The molecule has 0 radical (unpaired) electrons. The van der Waals surface area contributed by atoms with Crippen molar-refractivity contribution in [3.05, 3.63) is 24.0 Å². The fourth-order valence-electron chi connectivity index (χ4n) is 1.17. The molecule has 1 amide bonds. The van der Waals surface area contributed by atoms with Crippen molar-refractivity contribution < 1.29 is 29.7 Å². The Morgan fingerprint density at radius 3 is 2.44 bits per heavy atom. The molecule has 1 heterocycles. The standard InChI is InChI=1S/C10H10N2O6/c13-6-1-5(3-11-4-6)9(16)12-7(10(17)18)2-8(14)15/h1,3-4,7,13H,2H2,(H,12,16)(H,14,15)(H,17,18)/t7-/m1/s1. The normalized spacial score (nSPS) is 11.6. The third-order valence-corrected chi connectivity index (χ3v) is 1.97. The van der Waals surface area contributed by atoms with Crippen molar-refractivity contribution in [2.75, 3.05) is 0 Å². The number of aromatic nitrogens is 1. The molecule has 0 aliphatic rings. The number of carbonyl (C=O) groups excluding carboxylic acids is 1. The second-order valence-electron chi connectivity index (χ2n) is 3.39. The van der Waals surface area contributed by atoms with Crippen LogP contribution in [0, 0.1) is 0 Å². The van der Waals surface area contributed by atoms with E-state index in [0.29, 0.717) is 0 Å². The van der Waals surface area contributed by atoms with E-state index in [1.54, 1.807) is 0 Å². The number of aliphatic carboxylic acids is 2. The van der Waals surface area contributed by atoms with Crippen LogP contribution in [0.4, 0.5) is 0 Å². The van der Waals surface area contributed by atoms with Gasteiger partial charge in [-0.2, -0.15) is 0 Å². The molecule has 8 nitrogen and oxygen atoms in total. The first-order valence-corrected chi connectivity index (χ1v) is 4.79. The Bertz CT molecular complexity index is 487. The van der Waals surface area contributed by atoms with Crippen molar-refractivity contribution in [2.45, 2.75) is 12.5 Å². The predicted octanol–water partition coefficient (Wildman–Crippen LogP) is -0.555. The van der Waals surface area contributed by atoms with E-state index in [1.165, 1.54) is 0 Å². The molecule has 1 aromatic heterocycles. The van der Waals surface area contributed by atoms with Crippen molar-refractivity contribution >= 4 is 17.8 Å². The van der Waals surface area contributed by atoms with Gasteiger partial charge in [-0.1, -0.05) is 0 Å². The van der Waals surface area contributed by atoms with Crippen LogP contribution in [0.1, 0.15) is 16.8 Å². The van der Waals surface area contributed by atoms with E-state index in [2.05, 4.69) is 4.98 Å². The third kappa shape index (κ3) is 3.74. The number of pyridine rings is 1. The Morgan fingerprint density at radius 1 is 1.28 bits per heavy atom. The van der Waals surface area contributed by atoms with Crippen LogP contribution in [0.15, 0.2) is 18.5 Å². The lowest BCUT2D eigenvalue weighted by Crippen LogP contribution is -2.42. The number of hydrogen-bond acceptors (Lipinski definition) is 5. The van der Waals surface area contributed by atoms with E-state index in [0.717, 1.165) is 18.5 Å². The lowest BCUT2D eigenvalue weighted by atomic mass is 10.2. The molecule has 0 aliphatic heterocycles. The van der Waals surface area contributed by atoms with Gasteiger partial charge in [-0.25, -0.2) is 4.79 Å². The molecule has 1 aromatic rings. The molecule has 96 valence electrons. The largest absolute Gasteiger partial charge is 0.506 e. The predicted molar refractivity (Wildman–Crippen MR) is 57.0 cm³/mol. The lowest BCUT2D eigenvalue weighted by molar-refractivity contribution is -0.145. The van der Waals surface area contributed by atoms with Crippen molar-refractivity contribution in [1.82, 2.24) is 10.3 Å². The molecule has 1 rings (SSSR count). The van der Waals surface area contributed by atoms with E-state index in [4.69, 9.17) is 15.3 Å². The average molecular weight is 254 g/mol. The summed E-state index contributed by atoms with van der Waals surface area (Å²) in [5.41, 5.74) is -0.0633. The Labute approximate surface area is 101 Å². The van der Waals surface area contributed by atoms with Gasteiger partial charge in [0.2, 0.25) is 0 Å². The first kappa shape index (κ1) is 13.4. The van der Waals surface area contributed by atoms with Crippen LogP contribution >= 0.6 is 0 Å². The van der Waals surface area contributed by atoms with E-state index in [1.807, 2.05) is 5.32 Å². The molecular weight excluding hydrogens is 244 g/mol. The number of rotatable bonds is 5. The Hall–Kier alpha value is -2.64. The van der Waals surface area contributed by atoms with Gasteiger partial charge < -0.3 is 20.6 Å². The first-order chi connectivity index (χ1) is 8.40. The Kier molecular flexibility index (Phi) is 4.19. The molecule has 0 bridgehead atoms. The average Bonchev–Trinajstić information content (AvgIpc) is 2.27. The highest BCUT2D eigenvalue weighted by atomic mass is 16.4. The number of nitrogens with zero attached hydrogens (tertiary/aromatic N) is 1. The van der Waals surface area contributed by atoms with Crippen LogP contribution in [0.2, 0.25) is 0 Å². The number of amides is 1. The van der Waals surface area contributed by atoms with Crippen LogP contribution in [0.3, 0.4) is 0 Å². The summed E-state index contributed by atoms with van der Waals surface area (Å²) in [4.78, 5) is 36.3. The minimum atomic E-state index is -1.54. The third-order valence-electron chi connectivity index (χ3n) is 1.97. The number of nitrogens with one attached hydrogen (secondary N) is 1. The smallest absolute Gasteiger partial charge is 0.326 e. The fourth-order valence-corrected chi connectivity index (χ4v) is 1.17. The molecule has 0 aliphatic carbocycles. The molecule has 0 unspecified atom stereocenters. The zero-order valence-electron chi connectivity index (χ0n) is 9.03. The summed E-state index contributed by atoms with van der Waals surface area (Å²) in [6.07, 6.45) is 1.48. The molecule has 8 heteroatoms. The summed E-state index contributed by atoms with van der Waals surface area (Å²) in [5, 5.41) is 28.3. The van der Waals surface area contributed by atoms with Gasteiger partial charge in [-0.05, 0) is 6.07 Å². The minimum Gasteiger partial charge on any atom is -0.506 e. The molecule has 0 aromatic carbocycles. The van der Waals surface area contributed by atoms with Crippen molar-refractivity contribution in [3.8, 4) is 5.75 Å². The summed E-state index contributed by atoms with van der Waals surface area (Å²) >= 11 is 0. The Morgan fingerprint density at radius 2 is 1.94 bits per heavy atom. The van der Waals surface area contributed by atoms with Crippen molar-refractivity contribution in [3.63, 3.8) is 0 Å². The van der Waals surface area contributed by atoms with Crippen LogP contribution in [-0.2, 0) is 9.59 Å². The van der Waals surface area contributed by atoms with E-state index < -0.39 is 30.3 Å². The zero-order valence-corrected chi connectivity index (χ0v) is 9.03. The maximum Gasteiger partial charge on any atom is 0.326 e. The second-order valence-corrected chi connectivity index (χ2v) is 3.39. The van der Waals surface area contributed by atoms with Gasteiger partial charge in [0.25, 0.3) is 5.91 Å². The molecule has 1 atom stereocenters. The fraction of sp³-hybridized carbons (Fsp3) is 0.200. The summed E-state index contributed by atoms with van der Waals surface area (Å²) in [5.74, 6) is -3.89. The highest BCUT2D eigenvalue weighted by Crippen LogP contribution is 2.08. The topological polar surface area (TPSA) is 137 Å². The monoisotopic (exact) mass is 254 g/mol. The van der Waals surface area contributed by atoms with E-state index in [9.17, 15) is 14.4 Å². The summed E-state index contributed by atoms with van der Waals surface area (Å²) in [7, 11) is 0. The van der Waals surface area contributed by atoms with Crippen LogP contribution < -0.4 is 5.32 Å². The van der Waals surface area contributed by atoms with Crippen molar-refractivity contribution in [2.24, 2.45) is 0 Å². The van der Waals surface area contributed by atoms with Crippen LogP contribution in [-0.4, -0.2) is 44.2 Å². The Balaban J connectivity index is 2.78. The summed E-state index contributed by atoms with van der Waals surface area (Å²) in [6, 6.07) is -0.459. The molecular formula is C10H10N2O6. The molecule has 0 saturated carbocycles. The quantitative estimate of drug-likeness (QED) is 0.553. The maximum atomic E-state index is 11.6. The SMILES string of the molecule is O=C(O)C[C@@H](NC(=O)c1cncc(O)c1)C(=O)O. The molecule has 0 spiro atoms. The number of carboxylic acids is 2. The second kappa shape index (κ2) is 5.62. The number of aromatic hydroxyl groups is 1. The summed E-state index contributed by atoms with van der Waals surface area (Å²) < 4.78 is 0. The minimum absolute atomic E-state index is 0.0633. The molecule has 0 fully saturated rings. The first-order valence-electron chi connectivity index (χ1n) is 4.79. The molecule has 18 heavy (non-hydrogen) atoms. The highest BCUT2D eigenvalue weighted by Gasteiger charge is 2.23. The van der Waals surface area contributed by atoms with Crippen molar-refractivity contribution in [1.29, 1.82) is 0 Å². The molecule has 4 N–H and O–H groups in total. The number of hydrogen-bond donors (Lipinski definition) is 4. The summed E-state index contributed by atoms with van der Waals surface area (Å²) in [6.45, 7) is 0. The van der Waals surface area contributed by atoms with Gasteiger partial charge in [0.1, 0.15) is 11.8 Å². The van der Waals surface area contributed by atoms with Crippen LogP contribution in [0.5, 0.6) is 5.75 Å². The van der Waals surface area contributed by atoms with Gasteiger partial charge in [-0.15, -0.1) is 0 Å². The van der Waals surface area contributed by atoms with Gasteiger partial charge in [0.15, 0.2) is 0 Å². The van der Waals surface area contributed by atoms with E-state index >= 15 is 0 Å². The number of carboxylic acid groups (broad SMARTS) is 2. The maximum absolute atomic E-state index is 11.6. The zero-order chi connectivity index (χ0) is 13.7. The number of carbonyl (C=O) groups is 3. The lowest BCUT2D eigenvalue weighted by Gasteiger charge is -2.12. The van der Waals surface area contributed by atoms with Gasteiger partial charge in [0.05, 0.1) is 18.2 Å². The molecule has 0 saturated heterocycles. The highest BCUT2D eigenvalue weighted by molar-refractivity contribution is 5.97.